The molecule has 0 saturated carbocycles. The minimum Gasteiger partial charge on any atom is -0.488 e. The Labute approximate surface area is 192 Å². The van der Waals surface area contributed by atoms with E-state index in [-0.39, 0.29) is 18.0 Å². The summed E-state index contributed by atoms with van der Waals surface area (Å²) in [5, 5.41) is 23.3. The van der Waals surface area contributed by atoms with Gasteiger partial charge in [-0.3, -0.25) is 0 Å². The average molecular weight is 460 g/mol. The van der Waals surface area contributed by atoms with Crippen molar-refractivity contribution in [2.75, 3.05) is 13.1 Å². The second-order valence-electron chi connectivity index (χ2n) is 7.32. The number of fused-ring (bicyclic) bond motifs is 3. The van der Waals surface area contributed by atoms with E-state index >= 15 is 0 Å². The van der Waals surface area contributed by atoms with E-state index in [2.05, 4.69) is 11.4 Å². The number of carboxylic acid groups (broad SMARTS) is 1. The van der Waals surface area contributed by atoms with Crippen LogP contribution in [0.4, 0.5) is 0 Å². The summed E-state index contributed by atoms with van der Waals surface area (Å²) in [7, 11) is 0. The fourth-order valence-electron chi connectivity index (χ4n) is 3.63. The fourth-order valence-corrected chi connectivity index (χ4v) is 3.83. The van der Waals surface area contributed by atoms with Gasteiger partial charge in [0.2, 0.25) is 0 Å². The summed E-state index contributed by atoms with van der Waals surface area (Å²) in [6, 6.07) is 18.5. The van der Waals surface area contributed by atoms with Crippen LogP contribution in [-0.4, -0.2) is 29.3 Å². The Morgan fingerprint density at radius 1 is 1.10 bits per heavy atom. The Hall–Kier alpha value is -2.57. The average Bonchev–Trinajstić information content (AvgIpc) is 2.75. The smallest absolute Gasteiger partial charge is 0.335 e. The van der Waals surface area contributed by atoms with E-state index in [4.69, 9.17) is 21.4 Å². The second-order valence-corrected chi connectivity index (χ2v) is 7.76. The van der Waals surface area contributed by atoms with Gasteiger partial charge in [0.1, 0.15) is 12.4 Å². The quantitative estimate of drug-likeness (QED) is 0.438. The zero-order chi connectivity index (χ0) is 21.1. The molecule has 0 bridgehead atoms. The van der Waals surface area contributed by atoms with Crippen LogP contribution in [-0.2, 0) is 13.0 Å². The first-order chi connectivity index (χ1) is 14.5. The Morgan fingerprint density at radius 3 is 2.68 bits per heavy atom. The number of rotatable bonds is 7. The summed E-state index contributed by atoms with van der Waals surface area (Å²) in [6.07, 6.45) is 0.187. The first-order valence-electron chi connectivity index (χ1n) is 9.78. The first kappa shape index (κ1) is 23.1. The third kappa shape index (κ3) is 5.38. The molecule has 0 aromatic heterocycles. The first-order valence-corrected chi connectivity index (χ1v) is 10.2. The largest absolute Gasteiger partial charge is 0.488 e. The molecule has 0 fully saturated rings. The van der Waals surface area contributed by atoms with Gasteiger partial charge < -0.3 is 20.3 Å². The van der Waals surface area contributed by atoms with Gasteiger partial charge in [0.15, 0.2) is 0 Å². The van der Waals surface area contributed by atoms with Gasteiger partial charge in [-0.25, -0.2) is 4.79 Å². The molecule has 3 aromatic carbocycles. The molecule has 1 atom stereocenters. The lowest BCUT2D eigenvalue weighted by molar-refractivity contribution is 0.0696. The Bertz CT molecular complexity index is 1090. The molecular formula is C24H23Cl2NO4. The molecule has 1 heterocycles. The maximum atomic E-state index is 11.2. The second kappa shape index (κ2) is 10.2. The molecule has 1 aliphatic rings. The van der Waals surface area contributed by atoms with E-state index in [9.17, 15) is 9.90 Å². The van der Waals surface area contributed by atoms with Crippen molar-refractivity contribution < 1.29 is 19.7 Å². The number of ether oxygens (including phenoxy) is 1. The highest BCUT2D eigenvalue weighted by molar-refractivity contribution is 6.30. The number of carbonyl (C=O) groups is 1. The molecule has 3 aromatic rings. The van der Waals surface area contributed by atoms with Crippen molar-refractivity contribution in [1.82, 2.24) is 5.32 Å². The van der Waals surface area contributed by atoms with E-state index in [0.717, 1.165) is 46.5 Å². The molecule has 0 aliphatic carbocycles. The highest BCUT2D eigenvalue weighted by Crippen LogP contribution is 2.38. The molecule has 0 amide bonds. The molecule has 0 spiro atoms. The Balaban J connectivity index is 0.00000272. The van der Waals surface area contributed by atoms with E-state index < -0.39 is 12.1 Å². The van der Waals surface area contributed by atoms with Gasteiger partial charge in [-0.2, -0.15) is 0 Å². The number of benzene rings is 3. The van der Waals surface area contributed by atoms with Crippen LogP contribution in [0, 0.1) is 0 Å². The predicted molar refractivity (Wildman–Crippen MR) is 123 cm³/mol. The number of nitrogens with one attached hydrogen (secondary N) is 1. The molecule has 3 N–H and O–H groups in total. The summed E-state index contributed by atoms with van der Waals surface area (Å²) in [4.78, 5) is 11.2. The molecule has 4 rings (SSSR count). The van der Waals surface area contributed by atoms with Gasteiger partial charge in [0, 0.05) is 17.1 Å². The number of halogens is 2. The van der Waals surface area contributed by atoms with Crippen LogP contribution in [0.25, 0.3) is 11.1 Å². The third-order valence-corrected chi connectivity index (χ3v) is 5.47. The van der Waals surface area contributed by atoms with Crippen LogP contribution >= 0.6 is 24.0 Å². The van der Waals surface area contributed by atoms with Gasteiger partial charge in [-0.1, -0.05) is 41.9 Å². The third-order valence-electron chi connectivity index (χ3n) is 5.23. The zero-order valence-corrected chi connectivity index (χ0v) is 18.2. The Morgan fingerprint density at radius 2 is 1.90 bits per heavy atom. The molecule has 0 radical (unpaired) electrons. The topological polar surface area (TPSA) is 78.8 Å². The number of hydrogen-bond acceptors (Lipinski definition) is 4. The minimum atomic E-state index is -0.938. The van der Waals surface area contributed by atoms with Gasteiger partial charge in [-0.05, 0) is 65.6 Å². The maximum absolute atomic E-state index is 11.2. The molecule has 7 heteroatoms. The van der Waals surface area contributed by atoms with Crippen molar-refractivity contribution >= 4 is 30.0 Å². The highest BCUT2D eigenvalue weighted by Gasteiger charge is 2.19. The van der Waals surface area contributed by atoms with Crippen LogP contribution < -0.4 is 10.1 Å². The number of aliphatic hydroxyl groups is 1. The lowest BCUT2D eigenvalue weighted by atomic mass is 9.94. The highest BCUT2D eigenvalue weighted by atomic mass is 35.5. The molecule has 5 nitrogen and oxygen atoms in total. The van der Waals surface area contributed by atoms with Gasteiger partial charge >= 0.3 is 5.97 Å². The summed E-state index contributed by atoms with van der Waals surface area (Å²) >= 11 is 5.97. The predicted octanol–water partition coefficient (Wildman–Crippen LogP) is 4.89. The van der Waals surface area contributed by atoms with E-state index in [1.54, 1.807) is 24.3 Å². The zero-order valence-electron chi connectivity index (χ0n) is 16.7. The van der Waals surface area contributed by atoms with Crippen LogP contribution in [0.5, 0.6) is 5.75 Å². The van der Waals surface area contributed by atoms with Gasteiger partial charge in [0.25, 0.3) is 0 Å². The summed E-state index contributed by atoms with van der Waals surface area (Å²) in [5.74, 6) is -0.131. The fraction of sp³-hybridized carbons (Fsp3) is 0.208. The van der Waals surface area contributed by atoms with Crippen molar-refractivity contribution in [2.45, 2.75) is 19.1 Å². The van der Waals surface area contributed by atoms with Crippen LogP contribution in [0.2, 0.25) is 5.02 Å². The number of hydrogen-bond donors (Lipinski definition) is 3. The molecular weight excluding hydrogens is 437 g/mol. The molecule has 31 heavy (non-hydrogen) atoms. The molecule has 0 unspecified atom stereocenters. The summed E-state index contributed by atoms with van der Waals surface area (Å²) in [5.41, 5.74) is 5.05. The number of aromatic carboxylic acids is 1. The number of aliphatic hydroxyl groups excluding tert-OH is 1. The maximum Gasteiger partial charge on any atom is 0.335 e. The minimum absolute atomic E-state index is 0. The summed E-state index contributed by atoms with van der Waals surface area (Å²) < 4.78 is 5.87. The SMILES string of the molecule is Cl.O=C(O)c1ccc2c(c1)COc1cc(CCNC[C@H](O)c3cccc(Cl)c3)ccc1-2. The number of carboxylic acids is 1. The van der Waals surface area contributed by atoms with Crippen molar-refractivity contribution in [1.29, 1.82) is 0 Å². The normalized spacial score (nSPS) is 12.7. The van der Waals surface area contributed by atoms with Gasteiger partial charge in [0.05, 0.1) is 11.7 Å². The summed E-state index contributed by atoms with van der Waals surface area (Å²) in [6.45, 7) is 1.52. The monoisotopic (exact) mass is 459 g/mol. The van der Waals surface area contributed by atoms with Crippen molar-refractivity contribution in [3.8, 4) is 16.9 Å². The lowest BCUT2D eigenvalue weighted by Crippen LogP contribution is -2.23. The van der Waals surface area contributed by atoms with Crippen molar-refractivity contribution in [2.24, 2.45) is 0 Å². The molecule has 0 saturated heterocycles. The van der Waals surface area contributed by atoms with Crippen LogP contribution in [0.3, 0.4) is 0 Å². The van der Waals surface area contributed by atoms with E-state index in [1.807, 2.05) is 30.3 Å². The van der Waals surface area contributed by atoms with E-state index in [0.29, 0.717) is 18.2 Å². The molecule has 1 aliphatic heterocycles. The van der Waals surface area contributed by atoms with Crippen molar-refractivity contribution in [3.63, 3.8) is 0 Å². The Kier molecular flexibility index (Phi) is 7.57. The van der Waals surface area contributed by atoms with Crippen LogP contribution in [0.1, 0.15) is 33.2 Å². The standard InChI is InChI=1S/C24H22ClNO4.ClH/c25-19-3-1-2-16(12-19)22(27)13-26-9-8-15-4-6-21-20-7-5-17(24(28)29)11-18(20)14-30-23(21)10-15;/h1-7,10-12,22,26-27H,8-9,13-14H2,(H,28,29);1H/t22-;/m0./s1. The van der Waals surface area contributed by atoms with E-state index in [1.165, 1.54) is 0 Å². The lowest BCUT2D eigenvalue weighted by Gasteiger charge is -2.22. The molecule has 162 valence electrons. The van der Waals surface area contributed by atoms with Crippen LogP contribution in [0.15, 0.2) is 60.7 Å². The van der Waals surface area contributed by atoms with Gasteiger partial charge in [-0.15, -0.1) is 12.4 Å². The van der Waals surface area contributed by atoms with Crippen molar-refractivity contribution in [3.05, 3.63) is 87.9 Å².